The molecular weight excluding hydrogens is 361 g/mol. The van der Waals surface area contributed by atoms with Crippen LogP contribution in [0.25, 0.3) is 0 Å². The number of benzene rings is 2. The number of imide groups is 1. The Kier molecular flexibility index (Phi) is 5.73. The number of nitrogens with one attached hydrogen (secondary N) is 1. The van der Waals surface area contributed by atoms with Gasteiger partial charge in [0.1, 0.15) is 11.9 Å². The average molecular weight is 383 g/mol. The topological polar surface area (TPSA) is 69.7 Å². The van der Waals surface area contributed by atoms with Crippen LogP contribution < -0.4 is 10.2 Å². The number of anilines is 2. The van der Waals surface area contributed by atoms with Crippen molar-refractivity contribution in [3.8, 4) is 0 Å². The van der Waals surface area contributed by atoms with Crippen molar-refractivity contribution in [1.29, 1.82) is 0 Å². The number of carbonyl (C=O) groups excluding carboxylic acids is 3. The molecule has 1 saturated heterocycles. The van der Waals surface area contributed by atoms with E-state index in [1.54, 1.807) is 30.3 Å². The third-order valence-corrected chi connectivity index (χ3v) is 4.40. The van der Waals surface area contributed by atoms with Crippen molar-refractivity contribution in [3.05, 3.63) is 60.4 Å². The number of amides is 4. The molecule has 0 aliphatic carbocycles. The van der Waals surface area contributed by atoms with Gasteiger partial charge in [0, 0.05) is 12.2 Å². The Bertz CT molecular complexity index is 868. The summed E-state index contributed by atoms with van der Waals surface area (Å²) in [5.41, 5.74) is 0.909. The first-order valence-corrected chi connectivity index (χ1v) is 9.12. The van der Waals surface area contributed by atoms with E-state index in [9.17, 15) is 18.8 Å². The van der Waals surface area contributed by atoms with Crippen LogP contribution in [0.15, 0.2) is 54.6 Å². The fourth-order valence-corrected chi connectivity index (χ4v) is 3.17. The molecule has 0 saturated carbocycles. The zero-order chi connectivity index (χ0) is 20.3. The van der Waals surface area contributed by atoms with E-state index in [1.165, 1.54) is 29.2 Å². The maximum absolute atomic E-state index is 13.0. The molecule has 1 N–H and O–H groups in total. The molecule has 1 aliphatic rings. The number of urea groups is 1. The summed E-state index contributed by atoms with van der Waals surface area (Å²) in [6.45, 7) is 4.25. The second-order valence-corrected chi connectivity index (χ2v) is 7.11. The maximum Gasteiger partial charge on any atom is 0.332 e. The smallest absolute Gasteiger partial charge is 0.326 e. The number of hydrogen-bond donors (Lipinski definition) is 1. The molecule has 0 spiro atoms. The molecule has 7 heteroatoms. The van der Waals surface area contributed by atoms with Crippen molar-refractivity contribution in [2.75, 3.05) is 16.8 Å². The molecule has 28 heavy (non-hydrogen) atoms. The Balaban J connectivity index is 1.80. The highest BCUT2D eigenvalue weighted by molar-refractivity contribution is 6.22. The van der Waals surface area contributed by atoms with Crippen LogP contribution in [0, 0.1) is 11.7 Å². The van der Waals surface area contributed by atoms with Gasteiger partial charge in [0.15, 0.2) is 0 Å². The van der Waals surface area contributed by atoms with Crippen LogP contribution in [0.5, 0.6) is 0 Å². The van der Waals surface area contributed by atoms with Crippen LogP contribution >= 0.6 is 0 Å². The molecule has 1 atom stereocenters. The number of nitrogens with zero attached hydrogens (tertiary/aromatic N) is 2. The second kappa shape index (κ2) is 8.21. The normalized spacial score (nSPS) is 16.8. The van der Waals surface area contributed by atoms with Crippen molar-refractivity contribution >= 4 is 29.2 Å². The average Bonchev–Trinajstić information content (AvgIpc) is 2.88. The zero-order valence-electron chi connectivity index (χ0n) is 15.8. The van der Waals surface area contributed by atoms with Crippen LogP contribution in [0.4, 0.5) is 20.6 Å². The van der Waals surface area contributed by atoms with Crippen LogP contribution in [0.3, 0.4) is 0 Å². The highest BCUT2D eigenvalue weighted by atomic mass is 19.1. The van der Waals surface area contributed by atoms with E-state index in [2.05, 4.69) is 5.32 Å². The van der Waals surface area contributed by atoms with Gasteiger partial charge >= 0.3 is 6.03 Å². The minimum absolute atomic E-state index is 0.134. The van der Waals surface area contributed by atoms with Crippen molar-refractivity contribution < 1.29 is 18.8 Å². The van der Waals surface area contributed by atoms with Crippen molar-refractivity contribution in [3.63, 3.8) is 0 Å². The van der Waals surface area contributed by atoms with Gasteiger partial charge in [-0.15, -0.1) is 0 Å². The third-order valence-electron chi connectivity index (χ3n) is 4.40. The lowest BCUT2D eigenvalue weighted by Crippen LogP contribution is -2.40. The van der Waals surface area contributed by atoms with Gasteiger partial charge in [0.05, 0.1) is 12.1 Å². The first kappa shape index (κ1) is 19.5. The summed E-state index contributed by atoms with van der Waals surface area (Å²) in [5, 5.41) is 2.65. The number of hydrogen-bond acceptors (Lipinski definition) is 3. The quantitative estimate of drug-likeness (QED) is 0.774. The van der Waals surface area contributed by atoms with Gasteiger partial charge in [-0.25, -0.2) is 14.1 Å². The van der Waals surface area contributed by atoms with Gasteiger partial charge in [-0.05, 0) is 42.3 Å². The highest BCUT2D eigenvalue weighted by Crippen LogP contribution is 2.27. The highest BCUT2D eigenvalue weighted by Gasteiger charge is 2.46. The van der Waals surface area contributed by atoms with Gasteiger partial charge in [0.25, 0.3) is 5.91 Å². The largest absolute Gasteiger partial charge is 0.332 e. The number of rotatable bonds is 6. The Morgan fingerprint density at radius 3 is 2.32 bits per heavy atom. The molecule has 4 amide bonds. The monoisotopic (exact) mass is 383 g/mol. The summed E-state index contributed by atoms with van der Waals surface area (Å²) in [7, 11) is 0. The van der Waals surface area contributed by atoms with E-state index in [0.29, 0.717) is 17.9 Å². The van der Waals surface area contributed by atoms with E-state index >= 15 is 0 Å². The lowest BCUT2D eigenvalue weighted by molar-refractivity contribution is -0.124. The molecule has 2 aromatic rings. The second-order valence-electron chi connectivity index (χ2n) is 7.11. The zero-order valence-corrected chi connectivity index (χ0v) is 15.8. The summed E-state index contributed by atoms with van der Waals surface area (Å²) >= 11 is 0. The molecule has 6 nitrogen and oxygen atoms in total. The van der Waals surface area contributed by atoms with Crippen LogP contribution in [-0.2, 0) is 9.59 Å². The minimum atomic E-state index is -0.879. The molecule has 0 bridgehead atoms. The van der Waals surface area contributed by atoms with Gasteiger partial charge in [-0.2, -0.15) is 0 Å². The maximum atomic E-state index is 13.0. The van der Waals surface area contributed by atoms with Gasteiger partial charge < -0.3 is 10.2 Å². The molecule has 3 rings (SSSR count). The summed E-state index contributed by atoms with van der Waals surface area (Å²) in [6.07, 6.45) is -0.169. The fraction of sp³-hybridized carbons (Fsp3) is 0.286. The van der Waals surface area contributed by atoms with Crippen LogP contribution in [0.2, 0.25) is 0 Å². The van der Waals surface area contributed by atoms with Crippen molar-refractivity contribution in [1.82, 2.24) is 4.90 Å². The summed E-state index contributed by atoms with van der Waals surface area (Å²) in [4.78, 5) is 40.9. The van der Waals surface area contributed by atoms with Gasteiger partial charge in [-0.3, -0.25) is 9.59 Å². The first-order valence-electron chi connectivity index (χ1n) is 9.12. The van der Waals surface area contributed by atoms with Crippen LogP contribution in [0.1, 0.15) is 20.3 Å². The van der Waals surface area contributed by atoms with Crippen LogP contribution in [-0.4, -0.2) is 35.3 Å². The third kappa shape index (κ3) is 4.19. The molecule has 1 heterocycles. The molecule has 0 radical (unpaired) electrons. The Labute approximate surface area is 162 Å². The standard InChI is InChI=1S/C21H22FN3O3/c1-14(2)13-24-18(12-19(26)23-16-10-8-15(22)9-11-16)20(27)25(21(24)28)17-6-4-3-5-7-17/h3-11,14,18H,12-13H2,1-2H3,(H,23,26)/t18-/m0/s1. The summed E-state index contributed by atoms with van der Waals surface area (Å²) in [6, 6.07) is 12.7. The van der Waals surface area contributed by atoms with E-state index in [1.807, 2.05) is 13.8 Å². The van der Waals surface area contributed by atoms with E-state index < -0.39 is 29.7 Å². The SMILES string of the molecule is CC(C)CN1C(=O)N(c2ccccc2)C(=O)[C@@H]1CC(=O)Nc1ccc(F)cc1. The summed E-state index contributed by atoms with van der Waals surface area (Å²) in [5.74, 6) is -1.11. The fourth-order valence-electron chi connectivity index (χ4n) is 3.17. The molecule has 1 fully saturated rings. The lowest BCUT2D eigenvalue weighted by Gasteiger charge is -2.23. The minimum Gasteiger partial charge on any atom is -0.326 e. The summed E-state index contributed by atoms with van der Waals surface area (Å²) < 4.78 is 13.0. The number of para-hydroxylation sites is 1. The molecule has 1 aliphatic heterocycles. The lowest BCUT2D eigenvalue weighted by atomic mass is 10.1. The van der Waals surface area contributed by atoms with Crippen molar-refractivity contribution in [2.45, 2.75) is 26.3 Å². The Hall–Kier alpha value is -3.22. The molecule has 146 valence electrons. The van der Waals surface area contributed by atoms with Gasteiger partial charge in [0.2, 0.25) is 5.91 Å². The Morgan fingerprint density at radius 2 is 1.71 bits per heavy atom. The Morgan fingerprint density at radius 1 is 1.07 bits per heavy atom. The molecule has 2 aromatic carbocycles. The van der Waals surface area contributed by atoms with Gasteiger partial charge in [-0.1, -0.05) is 32.0 Å². The van der Waals surface area contributed by atoms with Crippen molar-refractivity contribution in [2.24, 2.45) is 5.92 Å². The van der Waals surface area contributed by atoms with E-state index in [-0.39, 0.29) is 12.3 Å². The molecule has 0 unspecified atom stereocenters. The predicted octanol–water partition coefficient (Wildman–Crippen LogP) is 3.65. The number of carbonyl (C=O) groups is 3. The number of halogens is 1. The molecule has 0 aromatic heterocycles. The van der Waals surface area contributed by atoms with E-state index in [4.69, 9.17) is 0 Å². The van der Waals surface area contributed by atoms with E-state index in [0.717, 1.165) is 4.90 Å². The molecular formula is C21H22FN3O3. The predicted molar refractivity (Wildman–Crippen MR) is 104 cm³/mol. The first-order chi connectivity index (χ1) is 13.4.